The number of likely N-dealkylation sites (tertiary alicyclic amines) is 1. The van der Waals surface area contributed by atoms with Crippen molar-refractivity contribution in [2.24, 2.45) is 0 Å². The van der Waals surface area contributed by atoms with Crippen LogP contribution in [0.4, 0.5) is 14.9 Å². The van der Waals surface area contributed by atoms with Gasteiger partial charge < -0.3 is 15.2 Å². The first-order valence-electron chi connectivity index (χ1n) is 8.49. The molecule has 25 heavy (non-hydrogen) atoms. The number of hydrogen-bond acceptors (Lipinski definition) is 5. The van der Waals surface area contributed by atoms with E-state index in [1.54, 1.807) is 0 Å². The number of nitrogens with zero attached hydrogens (tertiary/aromatic N) is 3. The molecule has 0 spiro atoms. The van der Waals surface area contributed by atoms with E-state index in [0.29, 0.717) is 18.1 Å². The largest absolute Gasteiger partial charge is 0.338 e. The molecule has 3 rings (SSSR count). The van der Waals surface area contributed by atoms with Gasteiger partial charge in [0.1, 0.15) is 5.82 Å². The molecule has 1 aliphatic heterocycles. The van der Waals surface area contributed by atoms with Crippen molar-refractivity contribution in [2.45, 2.75) is 38.8 Å². The topological polar surface area (TPSA) is 83.3 Å². The van der Waals surface area contributed by atoms with Gasteiger partial charge in [0.25, 0.3) is 0 Å². The van der Waals surface area contributed by atoms with Crippen LogP contribution in [0.2, 0.25) is 0 Å². The smallest absolute Gasteiger partial charge is 0.319 e. The maximum atomic E-state index is 12.9. The van der Waals surface area contributed by atoms with Gasteiger partial charge in [0.05, 0.1) is 6.54 Å². The highest BCUT2D eigenvalue weighted by atomic mass is 19.1. The quantitative estimate of drug-likeness (QED) is 0.839. The molecule has 1 fully saturated rings. The van der Waals surface area contributed by atoms with Crippen LogP contribution in [0.25, 0.3) is 0 Å². The molecule has 1 saturated heterocycles. The van der Waals surface area contributed by atoms with Crippen molar-refractivity contribution in [1.82, 2.24) is 20.4 Å². The van der Waals surface area contributed by atoms with Crippen LogP contribution < -0.4 is 10.6 Å². The summed E-state index contributed by atoms with van der Waals surface area (Å²) in [5.74, 6) is 1.02. The van der Waals surface area contributed by atoms with Crippen LogP contribution in [0.3, 0.4) is 0 Å². The maximum absolute atomic E-state index is 12.9. The van der Waals surface area contributed by atoms with Gasteiger partial charge in [-0.25, -0.2) is 9.18 Å². The van der Waals surface area contributed by atoms with Crippen molar-refractivity contribution >= 4 is 11.7 Å². The van der Waals surface area contributed by atoms with E-state index in [1.165, 1.54) is 24.3 Å². The lowest BCUT2D eigenvalue weighted by molar-refractivity contribution is 0.244. The zero-order valence-corrected chi connectivity index (χ0v) is 14.2. The molecule has 0 radical (unpaired) electrons. The second kappa shape index (κ2) is 8.06. The normalized spacial score (nSPS) is 17.6. The number of halogens is 1. The third-order valence-corrected chi connectivity index (χ3v) is 4.05. The van der Waals surface area contributed by atoms with Gasteiger partial charge in [-0.05, 0) is 37.1 Å². The lowest BCUT2D eigenvalue weighted by Crippen LogP contribution is -2.39. The van der Waals surface area contributed by atoms with Crippen LogP contribution in [0.15, 0.2) is 28.8 Å². The van der Waals surface area contributed by atoms with Crippen molar-refractivity contribution in [3.63, 3.8) is 0 Å². The van der Waals surface area contributed by atoms with Crippen LogP contribution in [-0.4, -0.2) is 40.2 Å². The summed E-state index contributed by atoms with van der Waals surface area (Å²) in [6.07, 6.45) is 2.65. The Bertz CT molecular complexity index is 703. The molecule has 0 saturated carbocycles. The zero-order valence-electron chi connectivity index (χ0n) is 14.2. The number of hydrogen-bond donors (Lipinski definition) is 2. The summed E-state index contributed by atoms with van der Waals surface area (Å²) in [7, 11) is 0. The monoisotopic (exact) mass is 347 g/mol. The Morgan fingerprint density at radius 3 is 2.96 bits per heavy atom. The summed E-state index contributed by atoms with van der Waals surface area (Å²) < 4.78 is 18.1. The molecule has 1 aromatic heterocycles. The van der Waals surface area contributed by atoms with Gasteiger partial charge in [0, 0.05) is 31.2 Å². The number of carbonyl (C=O) groups is 1. The van der Waals surface area contributed by atoms with E-state index in [-0.39, 0.29) is 17.9 Å². The fourth-order valence-corrected chi connectivity index (χ4v) is 2.85. The SMILES string of the molecule is CCCc1noc(CN2CCC(NC(=O)Nc3ccc(F)cc3)C2)n1. The summed E-state index contributed by atoms with van der Waals surface area (Å²) in [4.78, 5) is 18.6. The first-order chi connectivity index (χ1) is 12.1. The predicted molar refractivity (Wildman–Crippen MR) is 90.5 cm³/mol. The Balaban J connectivity index is 1.44. The van der Waals surface area contributed by atoms with Crippen LogP contribution in [0.1, 0.15) is 31.5 Å². The van der Waals surface area contributed by atoms with Crippen LogP contribution >= 0.6 is 0 Å². The lowest BCUT2D eigenvalue weighted by Gasteiger charge is -2.15. The molecule has 2 N–H and O–H groups in total. The summed E-state index contributed by atoms with van der Waals surface area (Å²) >= 11 is 0. The minimum atomic E-state index is -0.333. The molecule has 2 heterocycles. The molecular weight excluding hydrogens is 325 g/mol. The van der Waals surface area contributed by atoms with Crippen LogP contribution in [-0.2, 0) is 13.0 Å². The molecule has 1 atom stereocenters. The fourth-order valence-electron chi connectivity index (χ4n) is 2.85. The van der Waals surface area contributed by atoms with E-state index in [4.69, 9.17) is 4.52 Å². The molecule has 1 aliphatic rings. The average molecular weight is 347 g/mol. The number of aromatic nitrogens is 2. The van der Waals surface area contributed by atoms with Crippen LogP contribution in [0.5, 0.6) is 0 Å². The Labute approximate surface area is 145 Å². The van der Waals surface area contributed by atoms with Gasteiger partial charge in [-0.15, -0.1) is 0 Å². The first kappa shape index (κ1) is 17.3. The van der Waals surface area contributed by atoms with Gasteiger partial charge in [0.2, 0.25) is 5.89 Å². The lowest BCUT2D eigenvalue weighted by atomic mass is 10.3. The van der Waals surface area contributed by atoms with Crippen molar-refractivity contribution in [3.05, 3.63) is 41.8 Å². The minimum Gasteiger partial charge on any atom is -0.338 e. The second-order valence-electron chi connectivity index (χ2n) is 6.18. The Morgan fingerprint density at radius 2 is 2.20 bits per heavy atom. The molecule has 1 aromatic carbocycles. The average Bonchev–Trinajstić information content (AvgIpc) is 3.20. The number of nitrogens with one attached hydrogen (secondary N) is 2. The molecule has 8 heteroatoms. The van der Waals surface area contributed by atoms with Gasteiger partial charge in [-0.3, -0.25) is 4.90 Å². The highest BCUT2D eigenvalue weighted by molar-refractivity contribution is 5.89. The van der Waals surface area contributed by atoms with Crippen LogP contribution in [0, 0.1) is 5.82 Å². The van der Waals surface area contributed by atoms with Crippen molar-refractivity contribution < 1.29 is 13.7 Å². The third kappa shape index (κ3) is 4.99. The molecular formula is C17H22FN5O2. The number of rotatable bonds is 6. The first-order valence-corrected chi connectivity index (χ1v) is 8.49. The predicted octanol–water partition coefficient (Wildman–Crippen LogP) is 2.56. The van der Waals surface area contributed by atoms with E-state index in [2.05, 4.69) is 32.6 Å². The summed E-state index contributed by atoms with van der Waals surface area (Å²) in [6, 6.07) is 5.44. The second-order valence-corrected chi connectivity index (χ2v) is 6.18. The molecule has 7 nitrogen and oxygen atoms in total. The van der Waals surface area contributed by atoms with Gasteiger partial charge in [-0.1, -0.05) is 12.1 Å². The van der Waals surface area contributed by atoms with E-state index < -0.39 is 0 Å². The van der Waals surface area contributed by atoms with E-state index in [1.807, 2.05) is 0 Å². The number of amides is 2. The van der Waals surface area contributed by atoms with E-state index in [9.17, 15) is 9.18 Å². The third-order valence-electron chi connectivity index (χ3n) is 4.05. The molecule has 1 unspecified atom stereocenters. The van der Waals surface area contributed by atoms with E-state index >= 15 is 0 Å². The molecule has 134 valence electrons. The molecule has 2 amide bonds. The fraction of sp³-hybridized carbons (Fsp3) is 0.471. The highest BCUT2D eigenvalue weighted by Gasteiger charge is 2.25. The molecule has 0 aliphatic carbocycles. The number of benzene rings is 1. The zero-order chi connectivity index (χ0) is 17.6. The van der Waals surface area contributed by atoms with Gasteiger partial charge in [0.15, 0.2) is 5.82 Å². The van der Waals surface area contributed by atoms with Crippen molar-refractivity contribution in [3.8, 4) is 0 Å². The maximum Gasteiger partial charge on any atom is 0.319 e. The van der Waals surface area contributed by atoms with E-state index in [0.717, 1.165) is 38.2 Å². The number of urea groups is 1. The van der Waals surface area contributed by atoms with Crippen molar-refractivity contribution in [1.29, 1.82) is 0 Å². The summed E-state index contributed by atoms with van der Waals surface area (Å²) in [6.45, 7) is 4.24. The number of aryl methyl sites for hydroxylation is 1. The minimum absolute atomic E-state index is 0.0542. The molecule has 2 aromatic rings. The Kier molecular flexibility index (Phi) is 5.60. The standard InChI is InChI=1S/C17H22FN5O2/c1-2-3-15-21-16(25-22-15)11-23-9-8-14(10-23)20-17(24)19-13-6-4-12(18)5-7-13/h4-7,14H,2-3,8-11H2,1H3,(H2,19,20,24). The Hall–Kier alpha value is -2.48. The number of carbonyl (C=O) groups excluding carboxylic acids is 1. The summed E-state index contributed by atoms with van der Waals surface area (Å²) in [5, 5.41) is 9.58. The van der Waals surface area contributed by atoms with Gasteiger partial charge in [-0.2, -0.15) is 4.98 Å². The van der Waals surface area contributed by atoms with Crippen molar-refractivity contribution in [2.75, 3.05) is 18.4 Å². The summed E-state index contributed by atoms with van der Waals surface area (Å²) in [5.41, 5.74) is 0.558. The highest BCUT2D eigenvalue weighted by Crippen LogP contribution is 2.14. The Morgan fingerprint density at radius 1 is 1.40 bits per heavy atom. The number of anilines is 1. The molecule has 0 bridgehead atoms. The van der Waals surface area contributed by atoms with Gasteiger partial charge >= 0.3 is 6.03 Å².